The van der Waals surface area contributed by atoms with E-state index in [0.29, 0.717) is 22.6 Å². The summed E-state index contributed by atoms with van der Waals surface area (Å²) in [5.74, 6) is -3.21. The lowest BCUT2D eigenvalue weighted by atomic mass is 9.88. The fourth-order valence-corrected chi connectivity index (χ4v) is 8.40. The lowest BCUT2D eigenvalue weighted by Gasteiger charge is -2.61. The Kier molecular flexibility index (Phi) is 13.1. The topological polar surface area (TPSA) is 201 Å². The van der Waals surface area contributed by atoms with Gasteiger partial charge in [0.15, 0.2) is 24.4 Å². The van der Waals surface area contributed by atoms with E-state index in [-0.39, 0.29) is 26.3 Å². The van der Waals surface area contributed by atoms with Crippen molar-refractivity contribution < 1.29 is 76.1 Å². The van der Waals surface area contributed by atoms with Crippen molar-refractivity contribution in [2.75, 3.05) is 13.2 Å². The molecule has 4 aliphatic rings. The van der Waals surface area contributed by atoms with Crippen LogP contribution in [0, 0.1) is 0 Å². The normalized spacial score (nSPS) is 31.5. The molecule has 10 unspecified atom stereocenters. The van der Waals surface area contributed by atoms with Gasteiger partial charge in [-0.2, -0.15) is 0 Å². The number of benzene rings is 2. The van der Waals surface area contributed by atoms with Crippen LogP contribution in [0.1, 0.15) is 66.5 Å². The maximum atomic E-state index is 13.0. The van der Waals surface area contributed by atoms with Gasteiger partial charge in [-0.05, 0) is 26.0 Å². The number of fused-ring (bicyclic) bond motifs is 2. The van der Waals surface area contributed by atoms with Crippen LogP contribution in [0.25, 0.3) is 0 Å². The Morgan fingerprint density at radius 1 is 0.542 bits per heavy atom. The van der Waals surface area contributed by atoms with Crippen LogP contribution in [0.5, 0.6) is 11.5 Å². The minimum absolute atomic E-state index is 0.0645. The van der Waals surface area contributed by atoms with E-state index >= 15 is 0 Å². The molecule has 0 aromatic heterocycles. The van der Waals surface area contributed by atoms with Gasteiger partial charge in [0, 0.05) is 65.8 Å². The van der Waals surface area contributed by atoms with E-state index in [1.807, 2.05) is 24.3 Å². The molecule has 2 aromatic carbocycles. The number of hydrogen-bond acceptors (Lipinski definition) is 18. The Labute approximate surface area is 341 Å². The largest absolute Gasteiger partial charge is 0.463 e. The maximum Gasteiger partial charge on any atom is 0.388 e. The number of rotatable bonds is 10. The first-order valence-corrected chi connectivity index (χ1v) is 19.3. The lowest BCUT2D eigenvalue weighted by Crippen LogP contribution is -2.81. The molecule has 1 spiro atoms. The van der Waals surface area contributed by atoms with Crippen LogP contribution in [0.4, 0.5) is 0 Å². The maximum absolute atomic E-state index is 13.0. The highest BCUT2D eigenvalue weighted by Gasteiger charge is 2.66. The van der Waals surface area contributed by atoms with Gasteiger partial charge in [-0.15, -0.1) is 0 Å². The number of carbonyl (C=O) groups excluding carboxylic acids is 6. The van der Waals surface area contributed by atoms with Crippen LogP contribution in [0.15, 0.2) is 48.5 Å². The molecule has 4 heterocycles. The van der Waals surface area contributed by atoms with Gasteiger partial charge < -0.3 is 47.4 Å². The highest BCUT2D eigenvalue weighted by Crippen LogP contribution is 2.48. The third-order valence-corrected chi connectivity index (χ3v) is 10.5. The highest BCUT2D eigenvalue weighted by atomic mass is 16.8. The molecular formula is C41H50N2O16. The zero-order valence-electron chi connectivity index (χ0n) is 34.1. The highest BCUT2D eigenvalue weighted by molar-refractivity contribution is 5.69. The minimum Gasteiger partial charge on any atom is -0.463 e. The summed E-state index contributed by atoms with van der Waals surface area (Å²) in [6.07, 6.45) is -9.00. The van der Waals surface area contributed by atoms with Crippen molar-refractivity contribution in [2.24, 2.45) is 0 Å². The first-order valence-electron chi connectivity index (χ1n) is 19.3. The fraction of sp³-hybridized carbons (Fsp3) is 0.561. The lowest BCUT2D eigenvalue weighted by molar-refractivity contribution is -0.386. The average molecular weight is 827 g/mol. The quantitative estimate of drug-likeness (QED) is 0.250. The first-order chi connectivity index (χ1) is 28.0. The average Bonchev–Trinajstić information content (AvgIpc) is 3.15. The Balaban J connectivity index is 1.57. The Morgan fingerprint density at radius 2 is 0.881 bits per heavy atom. The van der Waals surface area contributed by atoms with Crippen molar-refractivity contribution in [3.63, 3.8) is 0 Å². The first kappa shape index (κ1) is 43.3. The van der Waals surface area contributed by atoms with E-state index in [2.05, 4.69) is 0 Å². The molecule has 0 aliphatic carbocycles. The molecule has 0 amide bonds. The summed E-state index contributed by atoms with van der Waals surface area (Å²) in [6, 6.07) is 10.4. The summed E-state index contributed by atoms with van der Waals surface area (Å²) in [5, 5.41) is 0. The number of para-hydroxylation sites is 2. The zero-order valence-corrected chi connectivity index (χ0v) is 34.1. The van der Waals surface area contributed by atoms with E-state index in [4.69, 9.17) is 47.4 Å². The van der Waals surface area contributed by atoms with Gasteiger partial charge in [0.25, 0.3) is 0 Å². The third-order valence-electron chi connectivity index (χ3n) is 10.5. The van der Waals surface area contributed by atoms with E-state index in [1.54, 1.807) is 47.9 Å². The van der Waals surface area contributed by atoms with Gasteiger partial charge in [0.2, 0.25) is 0 Å². The summed E-state index contributed by atoms with van der Waals surface area (Å²) >= 11 is 0. The molecule has 320 valence electrons. The minimum atomic E-state index is -2.03. The monoisotopic (exact) mass is 826 g/mol. The SMILES string of the molecule is CC(=O)OCC1OC(C)C(N2Cc3ccccc3OC23Oc2ccccc2CN3C2C(C)OC(COC(C)=O)C(OC(C)=O)C2OC(C)=O)C(OC(C)=O)C1OC(C)=O. The van der Waals surface area contributed by atoms with Crippen molar-refractivity contribution in [2.45, 2.75) is 135 Å². The molecule has 0 radical (unpaired) electrons. The molecule has 10 atom stereocenters. The molecular weight excluding hydrogens is 776 g/mol. The Morgan fingerprint density at radius 3 is 1.22 bits per heavy atom. The molecule has 59 heavy (non-hydrogen) atoms. The van der Waals surface area contributed by atoms with Gasteiger partial charge in [-0.1, -0.05) is 36.4 Å². The molecule has 18 nitrogen and oxygen atoms in total. The summed E-state index contributed by atoms with van der Waals surface area (Å²) in [6.45, 7) is 10.2. The standard InChI is InChI=1S/C41H50N2O16/c1-21-35(39(56-27(7)48)37(54-25(5)46)33(52-21)19-50-23(3)44)42-17-29-13-9-11-15-31(29)58-41(42)43(18-30-14-10-12-16-32(30)59-41)36-22(2)53-34(20-51-24(4)45)38(55-26(6)47)40(36)57-28(8)49/h9-16,21-22,33-40H,17-20H2,1-8H3. The Hall–Kier alpha value is -5.30. The van der Waals surface area contributed by atoms with Crippen LogP contribution in [0.3, 0.4) is 0 Å². The van der Waals surface area contributed by atoms with Crippen molar-refractivity contribution in [3.05, 3.63) is 59.7 Å². The second kappa shape index (κ2) is 17.9. The summed E-state index contributed by atoms with van der Waals surface area (Å²) in [5.41, 5.74) is 1.40. The van der Waals surface area contributed by atoms with Gasteiger partial charge >= 0.3 is 41.9 Å². The molecule has 18 heteroatoms. The molecule has 0 saturated carbocycles. The van der Waals surface area contributed by atoms with Crippen LogP contribution in [0.2, 0.25) is 0 Å². The summed E-state index contributed by atoms with van der Waals surface area (Å²) in [7, 11) is 0. The number of esters is 6. The molecule has 2 fully saturated rings. The van der Waals surface area contributed by atoms with Gasteiger partial charge in [-0.3, -0.25) is 28.8 Å². The number of hydrogen-bond donors (Lipinski definition) is 0. The third kappa shape index (κ3) is 9.30. The van der Waals surface area contributed by atoms with Gasteiger partial charge in [0.05, 0.1) is 24.3 Å². The number of ether oxygens (including phenoxy) is 10. The second-order valence-electron chi connectivity index (χ2n) is 14.9. The van der Waals surface area contributed by atoms with E-state index in [0.717, 1.165) is 0 Å². The predicted molar refractivity (Wildman–Crippen MR) is 200 cm³/mol. The van der Waals surface area contributed by atoms with Crippen molar-refractivity contribution in [1.82, 2.24) is 9.80 Å². The molecule has 2 saturated heterocycles. The molecule has 4 aliphatic heterocycles. The zero-order chi connectivity index (χ0) is 42.8. The van der Waals surface area contributed by atoms with Gasteiger partial charge in [-0.25, -0.2) is 9.80 Å². The fourth-order valence-electron chi connectivity index (χ4n) is 8.40. The summed E-state index contributed by atoms with van der Waals surface area (Å²) in [4.78, 5) is 78.9. The number of carbonyl (C=O) groups is 6. The Bertz CT molecular complexity index is 1790. The van der Waals surface area contributed by atoms with Crippen molar-refractivity contribution >= 4 is 35.8 Å². The summed E-state index contributed by atoms with van der Waals surface area (Å²) < 4.78 is 61.6. The molecule has 0 N–H and O–H groups in total. The van der Waals surface area contributed by atoms with Crippen molar-refractivity contribution in [1.29, 1.82) is 0 Å². The smallest absolute Gasteiger partial charge is 0.388 e. The van der Waals surface area contributed by atoms with Crippen molar-refractivity contribution in [3.8, 4) is 11.5 Å². The van der Waals surface area contributed by atoms with Crippen LogP contribution in [-0.4, -0.2) is 126 Å². The van der Waals surface area contributed by atoms with E-state index < -0.39 is 103 Å². The van der Waals surface area contributed by atoms with Crippen LogP contribution >= 0.6 is 0 Å². The molecule has 2 aromatic rings. The molecule has 0 bridgehead atoms. The van der Waals surface area contributed by atoms with E-state index in [1.165, 1.54) is 41.5 Å². The molecule has 6 rings (SSSR count). The predicted octanol–water partition coefficient (Wildman–Crippen LogP) is 2.55. The second-order valence-corrected chi connectivity index (χ2v) is 14.9. The van der Waals surface area contributed by atoms with Crippen LogP contribution in [-0.2, 0) is 79.8 Å². The van der Waals surface area contributed by atoms with Gasteiger partial charge in [0.1, 0.15) is 36.9 Å². The number of nitrogens with zero attached hydrogens (tertiary/aromatic N) is 2. The van der Waals surface area contributed by atoms with Crippen LogP contribution < -0.4 is 9.47 Å². The van der Waals surface area contributed by atoms with E-state index in [9.17, 15) is 28.8 Å².